The van der Waals surface area contributed by atoms with Crippen molar-refractivity contribution in [2.45, 2.75) is 6.54 Å². The van der Waals surface area contributed by atoms with Crippen molar-refractivity contribution in [3.63, 3.8) is 0 Å². The number of amides is 2. The number of anilines is 1. The van der Waals surface area contributed by atoms with Crippen LogP contribution in [-0.2, 0) is 6.54 Å². The molecule has 0 radical (unpaired) electrons. The summed E-state index contributed by atoms with van der Waals surface area (Å²) in [6, 6.07) is 8.66. The predicted octanol–water partition coefficient (Wildman–Crippen LogP) is 4.46. The molecule has 2 N–H and O–H groups in total. The van der Waals surface area contributed by atoms with E-state index in [1.807, 2.05) is 0 Å². The van der Waals surface area contributed by atoms with Crippen molar-refractivity contribution >= 4 is 34.9 Å². The Bertz CT molecular complexity index is 695. The molecule has 2 aromatic rings. The Balaban J connectivity index is 1.94. The van der Waals surface area contributed by atoms with E-state index in [-0.39, 0.29) is 12.3 Å². The number of methoxy groups -OCH3 is 1. The first-order valence-corrected chi connectivity index (χ1v) is 7.07. The summed E-state index contributed by atoms with van der Waals surface area (Å²) in [7, 11) is 1.37. The molecule has 0 atom stereocenters. The van der Waals surface area contributed by atoms with E-state index in [9.17, 15) is 9.18 Å². The molecule has 116 valence electrons. The van der Waals surface area contributed by atoms with Crippen molar-refractivity contribution in [1.29, 1.82) is 0 Å². The zero-order chi connectivity index (χ0) is 16.1. The standard InChI is InChI=1S/C15H13Cl2FN2O2/c1-22-14-5-4-11(7-13(14)18)20-15(21)19-8-9-2-3-10(16)6-12(9)17/h2-7H,8H2,1H3,(H2,19,20,21). The maximum Gasteiger partial charge on any atom is 0.319 e. The number of carbonyl (C=O) groups excluding carboxylic acids is 1. The highest BCUT2D eigenvalue weighted by atomic mass is 35.5. The molecule has 4 nitrogen and oxygen atoms in total. The largest absolute Gasteiger partial charge is 0.494 e. The summed E-state index contributed by atoms with van der Waals surface area (Å²) < 4.78 is 18.3. The van der Waals surface area contributed by atoms with Gasteiger partial charge in [-0.15, -0.1) is 0 Å². The first-order valence-electron chi connectivity index (χ1n) is 6.32. The Morgan fingerprint density at radius 3 is 2.64 bits per heavy atom. The van der Waals surface area contributed by atoms with Crippen molar-refractivity contribution in [2.24, 2.45) is 0 Å². The van der Waals surface area contributed by atoms with Crippen molar-refractivity contribution in [1.82, 2.24) is 5.32 Å². The van der Waals surface area contributed by atoms with Gasteiger partial charge in [-0.3, -0.25) is 0 Å². The molecule has 2 rings (SSSR count). The minimum Gasteiger partial charge on any atom is -0.494 e. The van der Waals surface area contributed by atoms with Crippen molar-refractivity contribution in [3.8, 4) is 5.75 Å². The number of carbonyl (C=O) groups is 1. The molecule has 0 aliphatic carbocycles. The number of urea groups is 1. The van der Waals surface area contributed by atoms with Gasteiger partial charge in [-0.1, -0.05) is 29.3 Å². The van der Waals surface area contributed by atoms with Crippen molar-refractivity contribution in [3.05, 3.63) is 57.8 Å². The fraction of sp³-hybridized carbons (Fsp3) is 0.133. The quantitative estimate of drug-likeness (QED) is 0.861. The second-order valence-corrected chi connectivity index (χ2v) is 5.24. The molecule has 0 saturated heterocycles. The maximum atomic E-state index is 13.5. The number of hydrogen-bond donors (Lipinski definition) is 2. The predicted molar refractivity (Wildman–Crippen MR) is 85.3 cm³/mol. The summed E-state index contributed by atoms with van der Waals surface area (Å²) in [5, 5.41) is 6.13. The van der Waals surface area contributed by atoms with Gasteiger partial charge in [-0.05, 0) is 29.8 Å². The molecule has 2 aromatic carbocycles. The number of ether oxygens (including phenoxy) is 1. The van der Waals surface area contributed by atoms with Gasteiger partial charge in [-0.25, -0.2) is 9.18 Å². The zero-order valence-electron chi connectivity index (χ0n) is 11.6. The smallest absolute Gasteiger partial charge is 0.319 e. The van der Waals surface area contributed by atoms with Crippen LogP contribution in [0, 0.1) is 5.82 Å². The van der Waals surface area contributed by atoms with E-state index >= 15 is 0 Å². The van der Waals surface area contributed by atoms with Crippen LogP contribution >= 0.6 is 23.2 Å². The third-order valence-corrected chi connectivity index (χ3v) is 3.45. The van der Waals surface area contributed by atoms with Gasteiger partial charge in [0.15, 0.2) is 11.6 Å². The lowest BCUT2D eigenvalue weighted by molar-refractivity contribution is 0.251. The summed E-state index contributed by atoms with van der Waals surface area (Å²) >= 11 is 11.8. The average molecular weight is 343 g/mol. The molecule has 0 saturated carbocycles. The van der Waals surface area contributed by atoms with Gasteiger partial charge in [0.25, 0.3) is 0 Å². The van der Waals surface area contributed by atoms with E-state index in [0.29, 0.717) is 15.7 Å². The maximum absolute atomic E-state index is 13.5. The molecular formula is C15H13Cl2FN2O2. The lowest BCUT2D eigenvalue weighted by Crippen LogP contribution is -2.28. The minimum atomic E-state index is -0.555. The second kappa shape index (κ2) is 7.33. The number of hydrogen-bond acceptors (Lipinski definition) is 2. The molecule has 0 unspecified atom stereocenters. The fourth-order valence-corrected chi connectivity index (χ4v) is 2.24. The Hall–Kier alpha value is -1.98. The number of nitrogens with one attached hydrogen (secondary N) is 2. The van der Waals surface area contributed by atoms with Gasteiger partial charge in [-0.2, -0.15) is 0 Å². The van der Waals surface area contributed by atoms with E-state index in [4.69, 9.17) is 27.9 Å². The van der Waals surface area contributed by atoms with Crippen LogP contribution in [0.4, 0.5) is 14.9 Å². The van der Waals surface area contributed by atoms with Crippen LogP contribution in [-0.4, -0.2) is 13.1 Å². The lowest BCUT2D eigenvalue weighted by atomic mass is 10.2. The molecule has 0 aliphatic heterocycles. The molecule has 0 bridgehead atoms. The van der Waals surface area contributed by atoms with Crippen LogP contribution < -0.4 is 15.4 Å². The SMILES string of the molecule is COc1ccc(NC(=O)NCc2ccc(Cl)cc2Cl)cc1F. The summed E-state index contributed by atoms with van der Waals surface area (Å²) in [5.74, 6) is -0.444. The molecule has 0 aromatic heterocycles. The van der Waals surface area contributed by atoms with Gasteiger partial charge in [0, 0.05) is 28.3 Å². The molecule has 7 heteroatoms. The first kappa shape index (κ1) is 16.4. The topological polar surface area (TPSA) is 50.4 Å². The molecule has 2 amide bonds. The van der Waals surface area contributed by atoms with Crippen LogP contribution in [0.15, 0.2) is 36.4 Å². The molecule has 0 heterocycles. The van der Waals surface area contributed by atoms with Gasteiger partial charge in [0.2, 0.25) is 0 Å². The van der Waals surface area contributed by atoms with Gasteiger partial charge < -0.3 is 15.4 Å². The summed E-state index contributed by atoms with van der Waals surface area (Å²) in [4.78, 5) is 11.8. The Kier molecular flexibility index (Phi) is 5.46. The number of benzene rings is 2. The van der Waals surface area contributed by atoms with Gasteiger partial charge in [0.05, 0.1) is 7.11 Å². The zero-order valence-corrected chi connectivity index (χ0v) is 13.1. The van der Waals surface area contributed by atoms with Crippen LogP contribution in [0.25, 0.3) is 0 Å². The minimum absolute atomic E-state index is 0.110. The number of rotatable bonds is 4. The van der Waals surface area contributed by atoms with Crippen molar-refractivity contribution < 1.29 is 13.9 Å². The Morgan fingerprint density at radius 1 is 1.23 bits per heavy atom. The Labute approximate surface area is 137 Å². The monoisotopic (exact) mass is 342 g/mol. The first-order chi connectivity index (χ1) is 10.5. The highest BCUT2D eigenvalue weighted by molar-refractivity contribution is 6.35. The lowest BCUT2D eigenvalue weighted by Gasteiger charge is -2.10. The third-order valence-electron chi connectivity index (χ3n) is 2.86. The number of halogens is 3. The molecule has 22 heavy (non-hydrogen) atoms. The van der Waals surface area contributed by atoms with E-state index in [2.05, 4.69) is 10.6 Å². The third kappa shape index (κ3) is 4.26. The summed E-state index contributed by atoms with van der Waals surface area (Å²) in [5.41, 5.74) is 1.04. The van der Waals surface area contributed by atoms with E-state index in [0.717, 1.165) is 5.56 Å². The molecule has 0 spiro atoms. The van der Waals surface area contributed by atoms with Crippen LogP contribution in [0.2, 0.25) is 10.0 Å². The molecular weight excluding hydrogens is 330 g/mol. The van der Waals surface area contributed by atoms with E-state index < -0.39 is 11.8 Å². The fourth-order valence-electron chi connectivity index (χ4n) is 1.76. The summed E-state index contributed by atoms with van der Waals surface area (Å²) in [6.45, 7) is 0.223. The highest BCUT2D eigenvalue weighted by Crippen LogP contribution is 2.22. The highest BCUT2D eigenvalue weighted by Gasteiger charge is 2.07. The Morgan fingerprint density at radius 2 is 2.00 bits per heavy atom. The van der Waals surface area contributed by atoms with Crippen LogP contribution in [0.1, 0.15) is 5.56 Å². The van der Waals surface area contributed by atoms with Gasteiger partial charge >= 0.3 is 6.03 Å². The molecule has 0 fully saturated rings. The second-order valence-electron chi connectivity index (χ2n) is 4.39. The van der Waals surface area contributed by atoms with Crippen molar-refractivity contribution in [2.75, 3.05) is 12.4 Å². The van der Waals surface area contributed by atoms with Crippen LogP contribution in [0.3, 0.4) is 0 Å². The normalized spacial score (nSPS) is 10.2. The van der Waals surface area contributed by atoms with E-state index in [1.54, 1.807) is 18.2 Å². The van der Waals surface area contributed by atoms with Gasteiger partial charge in [0.1, 0.15) is 0 Å². The summed E-state index contributed by atoms with van der Waals surface area (Å²) in [6.07, 6.45) is 0. The molecule has 0 aliphatic rings. The average Bonchev–Trinajstić information content (AvgIpc) is 2.46. The van der Waals surface area contributed by atoms with Crippen LogP contribution in [0.5, 0.6) is 5.75 Å². The van der Waals surface area contributed by atoms with E-state index in [1.165, 1.54) is 25.3 Å².